The first kappa shape index (κ1) is 12.4. The topological polar surface area (TPSA) is 21.3 Å². The number of anilines is 1. The fraction of sp³-hybridized carbons (Fsp3) is 0.571. The van der Waals surface area contributed by atoms with E-state index in [0.717, 1.165) is 18.5 Å². The summed E-state index contributed by atoms with van der Waals surface area (Å²) in [6, 6.07) is 5.52. The van der Waals surface area contributed by atoms with Gasteiger partial charge in [0.25, 0.3) is 0 Å². The molecule has 2 atom stereocenters. The molecule has 3 heteroatoms. The highest BCUT2D eigenvalue weighted by Crippen LogP contribution is 2.24. The molecule has 1 aromatic rings. The summed E-state index contributed by atoms with van der Waals surface area (Å²) in [7, 11) is 1.76. The summed E-state index contributed by atoms with van der Waals surface area (Å²) < 4.78 is 18.7. The maximum absolute atomic E-state index is 13.2. The lowest BCUT2D eigenvalue weighted by atomic mass is 9.92. The number of benzene rings is 1. The normalized spacial score (nSPS) is 24.6. The minimum atomic E-state index is -0.150. The highest BCUT2D eigenvalue weighted by Gasteiger charge is 2.24. The summed E-state index contributed by atoms with van der Waals surface area (Å²) in [5.41, 5.74) is 1.66. The van der Waals surface area contributed by atoms with E-state index in [9.17, 15) is 4.39 Å². The van der Waals surface area contributed by atoms with Crippen LogP contribution in [0.1, 0.15) is 31.2 Å². The van der Waals surface area contributed by atoms with Gasteiger partial charge in [0, 0.05) is 12.8 Å². The molecule has 1 aliphatic carbocycles. The van der Waals surface area contributed by atoms with Gasteiger partial charge in [0.2, 0.25) is 0 Å². The first-order chi connectivity index (χ1) is 8.20. The van der Waals surface area contributed by atoms with Gasteiger partial charge < -0.3 is 10.1 Å². The predicted octanol–water partition coefficient (Wildman–Crippen LogP) is 3.50. The summed E-state index contributed by atoms with van der Waals surface area (Å²) in [5.74, 6) is -0.150. The van der Waals surface area contributed by atoms with E-state index in [1.165, 1.54) is 18.9 Å². The zero-order valence-corrected chi connectivity index (χ0v) is 10.5. The van der Waals surface area contributed by atoms with Crippen LogP contribution in [-0.4, -0.2) is 19.3 Å². The minimum absolute atomic E-state index is 0.150. The molecular weight excluding hydrogens is 217 g/mol. The van der Waals surface area contributed by atoms with Crippen LogP contribution in [0.25, 0.3) is 0 Å². The zero-order valence-electron chi connectivity index (χ0n) is 10.5. The van der Waals surface area contributed by atoms with Crippen molar-refractivity contribution in [2.24, 2.45) is 0 Å². The van der Waals surface area contributed by atoms with Crippen LogP contribution in [0, 0.1) is 12.7 Å². The van der Waals surface area contributed by atoms with Crippen molar-refractivity contribution in [1.82, 2.24) is 0 Å². The van der Waals surface area contributed by atoms with Crippen LogP contribution in [0.3, 0.4) is 0 Å². The second-order valence-corrected chi connectivity index (χ2v) is 4.77. The van der Waals surface area contributed by atoms with Gasteiger partial charge in [0.1, 0.15) is 5.82 Å². The molecule has 2 rings (SSSR count). The van der Waals surface area contributed by atoms with Crippen molar-refractivity contribution < 1.29 is 9.13 Å². The molecule has 0 spiro atoms. The number of halogens is 1. The Hall–Kier alpha value is -1.09. The molecule has 0 saturated heterocycles. The van der Waals surface area contributed by atoms with Gasteiger partial charge in [-0.25, -0.2) is 4.39 Å². The van der Waals surface area contributed by atoms with E-state index >= 15 is 0 Å². The van der Waals surface area contributed by atoms with Crippen LogP contribution in [-0.2, 0) is 4.74 Å². The molecule has 1 aliphatic rings. The molecule has 2 unspecified atom stereocenters. The first-order valence-corrected chi connectivity index (χ1v) is 6.26. The van der Waals surface area contributed by atoms with Crippen molar-refractivity contribution in [3.05, 3.63) is 29.6 Å². The van der Waals surface area contributed by atoms with Gasteiger partial charge >= 0.3 is 0 Å². The molecule has 1 fully saturated rings. The number of nitrogens with one attached hydrogen (secondary N) is 1. The van der Waals surface area contributed by atoms with E-state index < -0.39 is 0 Å². The quantitative estimate of drug-likeness (QED) is 0.868. The summed E-state index contributed by atoms with van der Waals surface area (Å²) in [6.45, 7) is 1.79. The Morgan fingerprint density at radius 3 is 2.76 bits per heavy atom. The summed E-state index contributed by atoms with van der Waals surface area (Å²) in [4.78, 5) is 0. The third-order valence-corrected chi connectivity index (χ3v) is 3.52. The second kappa shape index (κ2) is 5.50. The van der Waals surface area contributed by atoms with Gasteiger partial charge in [-0.15, -0.1) is 0 Å². The molecule has 0 aliphatic heterocycles. The lowest BCUT2D eigenvalue weighted by Gasteiger charge is -2.31. The Labute approximate surface area is 102 Å². The molecule has 0 heterocycles. The fourth-order valence-electron chi connectivity index (χ4n) is 2.49. The number of hydrogen-bond donors (Lipinski definition) is 1. The van der Waals surface area contributed by atoms with E-state index in [2.05, 4.69) is 5.32 Å². The van der Waals surface area contributed by atoms with Gasteiger partial charge in [-0.2, -0.15) is 0 Å². The molecule has 0 aromatic heterocycles. The molecule has 1 N–H and O–H groups in total. The summed E-state index contributed by atoms with van der Waals surface area (Å²) >= 11 is 0. The van der Waals surface area contributed by atoms with Crippen molar-refractivity contribution >= 4 is 5.69 Å². The van der Waals surface area contributed by atoms with Crippen molar-refractivity contribution in [2.75, 3.05) is 12.4 Å². The summed E-state index contributed by atoms with van der Waals surface area (Å²) in [6.07, 6.45) is 4.97. The Balaban J connectivity index is 2.05. The highest BCUT2D eigenvalue weighted by molar-refractivity contribution is 5.47. The standard InChI is InChI=1S/C14H20FNO/c1-10-9-11(7-8-12(10)15)16-13-5-3-4-6-14(13)17-2/h7-9,13-14,16H,3-6H2,1-2H3. The monoisotopic (exact) mass is 237 g/mol. The van der Waals surface area contributed by atoms with Crippen molar-refractivity contribution in [3.8, 4) is 0 Å². The van der Waals surface area contributed by atoms with Gasteiger partial charge in [-0.05, 0) is 43.5 Å². The lowest BCUT2D eigenvalue weighted by molar-refractivity contribution is 0.0606. The smallest absolute Gasteiger partial charge is 0.126 e. The van der Waals surface area contributed by atoms with Gasteiger partial charge in [-0.1, -0.05) is 12.8 Å². The largest absolute Gasteiger partial charge is 0.380 e. The van der Waals surface area contributed by atoms with Crippen molar-refractivity contribution in [2.45, 2.75) is 44.8 Å². The number of ether oxygens (including phenoxy) is 1. The maximum Gasteiger partial charge on any atom is 0.126 e. The van der Waals surface area contributed by atoms with E-state index in [1.54, 1.807) is 20.1 Å². The zero-order chi connectivity index (χ0) is 12.3. The fourth-order valence-corrected chi connectivity index (χ4v) is 2.49. The average molecular weight is 237 g/mol. The Bertz CT molecular complexity index is 380. The Morgan fingerprint density at radius 2 is 2.06 bits per heavy atom. The lowest BCUT2D eigenvalue weighted by Crippen LogP contribution is -2.37. The van der Waals surface area contributed by atoms with Gasteiger partial charge in [-0.3, -0.25) is 0 Å². The first-order valence-electron chi connectivity index (χ1n) is 6.26. The van der Waals surface area contributed by atoms with Gasteiger partial charge in [0.05, 0.1) is 12.1 Å². The SMILES string of the molecule is COC1CCCCC1Nc1ccc(F)c(C)c1. The van der Waals surface area contributed by atoms with Crippen molar-refractivity contribution in [1.29, 1.82) is 0 Å². The van der Waals surface area contributed by atoms with Crippen molar-refractivity contribution in [3.63, 3.8) is 0 Å². The molecule has 2 nitrogen and oxygen atoms in total. The van der Waals surface area contributed by atoms with Crippen LogP contribution < -0.4 is 5.32 Å². The highest BCUT2D eigenvalue weighted by atomic mass is 19.1. The van der Waals surface area contributed by atoms with E-state index in [-0.39, 0.29) is 11.9 Å². The van der Waals surface area contributed by atoms with E-state index in [0.29, 0.717) is 11.6 Å². The predicted molar refractivity (Wildman–Crippen MR) is 67.8 cm³/mol. The van der Waals surface area contributed by atoms with Crippen LogP contribution in [0.2, 0.25) is 0 Å². The maximum atomic E-state index is 13.2. The molecule has 94 valence electrons. The number of aryl methyl sites for hydroxylation is 1. The molecule has 0 amide bonds. The molecule has 1 saturated carbocycles. The third kappa shape index (κ3) is 2.97. The Morgan fingerprint density at radius 1 is 1.29 bits per heavy atom. The molecule has 1 aromatic carbocycles. The third-order valence-electron chi connectivity index (χ3n) is 3.52. The van der Waals surface area contributed by atoms with Crippen LogP contribution in [0.15, 0.2) is 18.2 Å². The van der Waals surface area contributed by atoms with Gasteiger partial charge in [0.15, 0.2) is 0 Å². The minimum Gasteiger partial charge on any atom is -0.380 e. The van der Waals surface area contributed by atoms with Crippen LogP contribution in [0.4, 0.5) is 10.1 Å². The molecule has 0 bridgehead atoms. The second-order valence-electron chi connectivity index (χ2n) is 4.77. The number of hydrogen-bond acceptors (Lipinski definition) is 2. The average Bonchev–Trinajstić information content (AvgIpc) is 2.34. The number of methoxy groups -OCH3 is 1. The number of rotatable bonds is 3. The summed E-state index contributed by atoms with van der Waals surface area (Å²) in [5, 5.41) is 3.46. The molecule has 17 heavy (non-hydrogen) atoms. The van der Waals surface area contributed by atoms with E-state index in [4.69, 9.17) is 4.74 Å². The van der Waals surface area contributed by atoms with Crippen LogP contribution >= 0.6 is 0 Å². The van der Waals surface area contributed by atoms with E-state index in [1.807, 2.05) is 6.07 Å². The Kier molecular flexibility index (Phi) is 4.00. The van der Waals surface area contributed by atoms with Crippen LogP contribution in [0.5, 0.6) is 0 Å². The molecular formula is C14H20FNO. The molecule has 0 radical (unpaired) electrons.